The lowest BCUT2D eigenvalue weighted by atomic mass is 10.2. The first-order valence-corrected chi connectivity index (χ1v) is 9.75. The highest BCUT2D eigenvalue weighted by Crippen LogP contribution is 2.19. The molecule has 0 saturated carbocycles. The minimum absolute atomic E-state index is 0.0578. The Labute approximate surface area is 123 Å². The first-order valence-electron chi connectivity index (χ1n) is 6.45. The third-order valence-electron chi connectivity index (χ3n) is 3.31. The Morgan fingerprint density at radius 3 is 2.71 bits per heavy atom. The van der Waals surface area contributed by atoms with Crippen LogP contribution in [0.4, 0.5) is 4.39 Å². The van der Waals surface area contributed by atoms with Gasteiger partial charge in [-0.2, -0.15) is 0 Å². The molecule has 0 radical (unpaired) electrons. The highest BCUT2D eigenvalue weighted by atomic mass is 32.2. The van der Waals surface area contributed by atoms with Crippen molar-refractivity contribution in [3.8, 4) is 0 Å². The van der Waals surface area contributed by atoms with Gasteiger partial charge in [0.15, 0.2) is 9.84 Å². The van der Waals surface area contributed by atoms with Gasteiger partial charge in [-0.25, -0.2) is 25.9 Å². The summed E-state index contributed by atoms with van der Waals surface area (Å²) in [7, 11) is -7.37. The molecule has 0 aliphatic carbocycles. The standard InChI is InChI=1S/C12H17FN2O4S2/c13-11-4-3-9(7-14)6-12(11)21(18,19)15-10-2-1-5-20(16,17)8-10/h3-4,6,10,15H,1-2,5,7-8,14H2. The summed E-state index contributed by atoms with van der Waals surface area (Å²) in [4.78, 5) is -0.506. The molecule has 1 unspecified atom stereocenters. The maximum Gasteiger partial charge on any atom is 0.243 e. The molecule has 0 aromatic heterocycles. The van der Waals surface area contributed by atoms with Gasteiger partial charge in [-0.3, -0.25) is 0 Å². The van der Waals surface area contributed by atoms with E-state index < -0.39 is 36.6 Å². The van der Waals surface area contributed by atoms with Crippen molar-refractivity contribution in [2.45, 2.75) is 30.3 Å². The fourth-order valence-corrected chi connectivity index (χ4v) is 5.42. The third-order valence-corrected chi connectivity index (χ3v) is 6.66. The molecule has 1 aromatic rings. The van der Waals surface area contributed by atoms with Gasteiger partial charge >= 0.3 is 0 Å². The van der Waals surface area contributed by atoms with Crippen molar-refractivity contribution in [2.75, 3.05) is 11.5 Å². The van der Waals surface area contributed by atoms with Crippen molar-refractivity contribution in [3.63, 3.8) is 0 Å². The minimum atomic E-state index is -4.12. The topological polar surface area (TPSA) is 106 Å². The summed E-state index contributed by atoms with van der Waals surface area (Å²) in [5, 5.41) is 0. The van der Waals surface area contributed by atoms with Crippen molar-refractivity contribution in [2.24, 2.45) is 5.73 Å². The summed E-state index contributed by atoms with van der Waals surface area (Å²) in [5.41, 5.74) is 5.89. The molecule has 0 amide bonds. The summed E-state index contributed by atoms with van der Waals surface area (Å²) in [6, 6.07) is 2.87. The zero-order chi connectivity index (χ0) is 15.7. The van der Waals surface area contributed by atoms with Gasteiger partial charge in [-0.05, 0) is 30.5 Å². The van der Waals surface area contributed by atoms with Gasteiger partial charge in [-0.1, -0.05) is 6.07 Å². The number of nitrogens with one attached hydrogen (secondary N) is 1. The number of benzene rings is 1. The number of halogens is 1. The first kappa shape index (κ1) is 16.3. The molecule has 2 rings (SSSR count). The van der Waals surface area contributed by atoms with Crippen molar-refractivity contribution in [3.05, 3.63) is 29.6 Å². The average Bonchev–Trinajstić information content (AvgIpc) is 2.37. The van der Waals surface area contributed by atoms with E-state index in [0.717, 1.165) is 12.1 Å². The Hall–Kier alpha value is -1.03. The van der Waals surface area contributed by atoms with Crippen LogP contribution in [0.2, 0.25) is 0 Å². The van der Waals surface area contributed by atoms with E-state index in [1.54, 1.807) is 0 Å². The predicted octanol–water partition coefficient (Wildman–Crippen LogP) is 0.140. The summed E-state index contributed by atoms with van der Waals surface area (Å²) in [5.74, 6) is -1.09. The van der Waals surface area contributed by atoms with Crippen LogP contribution in [-0.4, -0.2) is 34.4 Å². The second-order valence-electron chi connectivity index (χ2n) is 5.04. The first-order chi connectivity index (χ1) is 9.73. The molecule has 6 nitrogen and oxygen atoms in total. The van der Waals surface area contributed by atoms with Crippen LogP contribution in [0.15, 0.2) is 23.1 Å². The second-order valence-corrected chi connectivity index (χ2v) is 8.95. The molecule has 1 aromatic carbocycles. The minimum Gasteiger partial charge on any atom is -0.326 e. The molecule has 3 N–H and O–H groups in total. The quantitative estimate of drug-likeness (QED) is 0.813. The van der Waals surface area contributed by atoms with E-state index >= 15 is 0 Å². The Morgan fingerprint density at radius 1 is 1.38 bits per heavy atom. The average molecular weight is 336 g/mol. The summed E-state index contributed by atoms with van der Waals surface area (Å²) >= 11 is 0. The Morgan fingerprint density at radius 2 is 2.10 bits per heavy atom. The zero-order valence-corrected chi connectivity index (χ0v) is 12.9. The van der Waals surface area contributed by atoms with Crippen molar-refractivity contribution in [1.29, 1.82) is 0 Å². The van der Waals surface area contributed by atoms with Crippen LogP contribution in [0.3, 0.4) is 0 Å². The van der Waals surface area contributed by atoms with E-state index in [4.69, 9.17) is 5.73 Å². The largest absolute Gasteiger partial charge is 0.326 e. The molecule has 1 atom stereocenters. The van der Waals surface area contributed by atoms with E-state index in [1.807, 2.05) is 0 Å². The highest BCUT2D eigenvalue weighted by molar-refractivity contribution is 7.91. The van der Waals surface area contributed by atoms with E-state index in [-0.39, 0.29) is 18.1 Å². The number of hydrogen-bond donors (Lipinski definition) is 2. The lowest BCUT2D eigenvalue weighted by Crippen LogP contribution is -2.43. The van der Waals surface area contributed by atoms with E-state index in [1.165, 1.54) is 6.07 Å². The molecule has 0 bridgehead atoms. The predicted molar refractivity (Wildman–Crippen MR) is 76.3 cm³/mol. The molecule has 118 valence electrons. The van der Waals surface area contributed by atoms with Crippen molar-refractivity contribution in [1.82, 2.24) is 4.72 Å². The summed E-state index contributed by atoms with van der Waals surface area (Å²) in [6.07, 6.45) is 0.803. The number of sulfone groups is 1. The van der Waals surface area contributed by atoms with Crippen LogP contribution in [0, 0.1) is 5.82 Å². The highest BCUT2D eigenvalue weighted by Gasteiger charge is 2.30. The lowest BCUT2D eigenvalue weighted by Gasteiger charge is -2.23. The molecule has 1 fully saturated rings. The smallest absolute Gasteiger partial charge is 0.243 e. The third kappa shape index (κ3) is 4.00. The lowest BCUT2D eigenvalue weighted by molar-refractivity contribution is 0.512. The molecule has 1 aliphatic rings. The van der Waals surface area contributed by atoms with Crippen LogP contribution in [0.25, 0.3) is 0 Å². The van der Waals surface area contributed by atoms with Gasteiger partial charge in [0.25, 0.3) is 0 Å². The van der Waals surface area contributed by atoms with Gasteiger partial charge in [0.2, 0.25) is 10.0 Å². The zero-order valence-electron chi connectivity index (χ0n) is 11.2. The van der Waals surface area contributed by atoms with E-state index in [9.17, 15) is 21.2 Å². The fourth-order valence-electron chi connectivity index (χ4n) is 2.28. The number of sulfonamides is 1. The normalized spacial score (nSPS) is 22.1. The number of hydrogen-bond acceptors (Lipinski definition) is 5. The Balaban J connectivity index is 2.26. The molecule has 9 heteroatoms. The van der Waals surface area contributed by atoms with Crippen LogP contribution in [-0.2, 0) is 26.4 Å². The summed E-state index contributed by atoms with van der Waals surface area (Å²) in [6.45, 7) is 0.0839. The van der Waals surface area contributed by atoms with Crippen LogP contribution < -0.4 is 10.5 Å². The van der Waals surface area contributed by atoms with E-state index in [2.05, 4.69) is 4.72 Å². The molecular formula is C12H17FN2O4S2. The van der Waals surface area contributed by atoms with Gasteiger partial charge in [0.1, 0.15) is 10.7 Å². The molecule has 21 heavy (non-hydrogen) atoms. The van der Waals surface area contributed by atoms with Crippen LogP contribution in [0.1, 0.15) is 18.4 Å². The molecule has 0 spiro atoms. The maximum atomic E-state index is 13.7. The Bertz CT molecular complexity index is 732. The maximum absolute atomic E-state index is 13.7. The molecule has 1 aliphatic heterocycles. The summed E-state index contributed by atoms with van der Waals surface area (Å²) < 4.78 is 63.5. The van der Waals surface area contributed by atoms with Crippen LogP contribution >= 0.6 is 0 Å². The van der Waals surface area contributed by atoms with Crippen molar-refractivity contribution < 1.29 is 21.2 Å². The van der Waals surface area contributed by atoms with E-state index in [0.29, 0.717) is 18.4 Å². The molecule has 1 saturated heterocycles. The van der Waals surface area contributed by atoms with Crippen molar-refractivity contribution >= 4 is 19.9 Å². The van der Waals surface area contributed by atoms with Gasteiger partial charge in [0, 0.05) is 12.6 Å². The number of nitrogens with two attached hydrogens (primary N) is 1. The monoisotopic (exact) mass is 336 g/mol. The second kappa shape index (κ2) is 5.99. The molecular weight excluding hydrogens is 319 g/mol. The van der Waals surface area contributed by atoms with Gasteiger partial charge < -0.3 is 5.73 Å². The molecule has 1 heterocycles. The SMILES string of the molecule is NCc1ccc(F)c(S(=O)(=O)NC2CCCS(=O)(=O)C2)c1. The van der Waals surface area contributed by atoms with Gasteiger partial charge in [-0.15, -0.1) is 0 Å². The van der Waals surface area contributed by atoms with Crippen LogP contribution in [0.5, 0.6) is 0 Å². The Kier molecular flexibility index (Phi) is 4.66. The van der Waals surface area contributed by atoms with Gasteiger partial charge in [0.05, 0.1) is 11.5 Å². The number of rotatable bonds is 4. The fraction of sp³-hybridized carbons (Fsp3) is 0.500.